The molecular weight excluding hydrogens is 279 g/mol. The molecule has 0 amide bonds. The standard InChI is InChI=1S/C13H22O2.Zr/c1-5-11-7-13(6-10(11)2)8-14-12(3,4)15-9-13;/h5,10-11H,2,6-9H2,1,3-4H3;/q-2;+2/t10-,11-;/m1./s1. The van der Waals surface area contributed by atoms with Gasteiger partial charge in [-0.15, -0.1) is 0 Å². The molecule has 0 aromatic rings. The Morgan fingerprint density at radius 1 is 1.19 bits per heavy atom. The van der Waals surface area contributed by atoms with Crippen LogP contribution in [0.2, 0.25) is 0 Å². The molecule has 1 saturated carbocycles. The average Bonchev–Trinajstić information content (AvgIpc) is 2.49. The zero-order valence-electron chi connectivity index (χ0n) is 10.6. The van der Waals surface area contributed by atoms with Gasteiger partial charge in [0.1, 0.15) is 0 Å². The Bertz CT molecular complexity index is 230. The summed E-state index contributed by atoms with van der Waals surface area (Å²) < 4.78 is 11.6. The van der Waals surface area contributed by atoms with E-state index < -0.39 is 5.79 Å². The summed E-state index contributed by atoms with van der Waals surface area (Å²) in [6.45, 7) is 12.0. The van der Waals surface area contributed by atoms with Crippen LogP contribution >= 0.6 is 0 Å². The van der Waals surface area contributed by atoms with Crippen LogP contribution in [0.25, 0.3) is 0 Å². The molecule has 2 aliphatic rings. The van der Waals surface area contributed by atoms with Crippen LogP contribution in [0.15, 0.2) is 0 Å². The Balaban J connectivity index is 0.00000128. The predicted octanol–water partition coefficient (Wildman–Crippen LogP) is 2.84. The maximum absolute atomic E-state index is 5.78. The molecule has 90 valence electrons. The first-order chi connectivity index (χ1) is 6.96. The molecule has 2 fully saturated rings. The maximum Gasteiger partial charge on any atom is 2.00 e. The minimum absolute atomic E-state index is 0. The van der Waals surface area contributed by atoms with Crippen LogP contribution < -0.4 is 0 Å². The quantitative estimate of drug-likeness (QED) is 0.693. The van der Waals surface area contributed by atoms with Gasteiger partial charge in [0, 0.05) is 5.41 Å². The van der Waals surface area contributed by atoms with Crippen molar-refractivity contribution in [2.45, 2.75) is 39.4 Å². The van der Waals surface area contributed by atoms with Gasteiger partial charge in [0.25, 0.3) is 0 Å². The molecule has 1 aliphatic heterocycles. The van der Waals surface area contributed by atoms with Crippen molar-refractivity contribution in [1.29, 1.82) is 0 Å². The molecule has 2 rings (SSSR count). The third-order valence-electron chi connectivity index (χ3n) is 3.85. The van der Waals surface area contributed by atoms with E-state index in [1.807, 2.05) is 13.8 Å². The maximum atomic E-state index is 5.78. The van der Waals surface area contributed by atoms with Crippen LogP contribution in [-0.4, -0.2) is 19.0 Å². The van der Waals surface area contributed by atoms with E-state index >= 15 is 0 Å². The second-order valence-corrected chi connectivity index (χ2v) is 5.64. The molecule has 3 heteroatoms. The van der Waals surface area contributed by atoms with E-state index in [1.54, 1.807) is 0 Å². The summed E-state index contributed by atoms with van der Waals surface area (Å²) in [5, 5.41) is 0. The van der Waals surface area contributed by atoms with E-state index in [0.717, 1.165) is 19.6 Å². The minimum Gasteiger partial charge on any atom is -0.350 e. The molecule has 2 nitrogen and oxygen atoms in total. The molecule has 0 bridgehead atoms. The first kappa shape index (κ1) is 14.9. The topological polar surface area (TPSA) is 18.5 Å². The molecule has 0 aromatic heterocycles. The van der Waals surface area contributed by atoms with E-state index in [0.29, 0.717) is 11.8 Å². The van der Waals surface area contributed by atoms with Crippen LogP contribution in [0.3, 0.4) is 0 Å². The Labute approximate surface area is 119 Å². The van der Waals surface area contributed by atoms with Crippen molar-refractivity contribution in [2.75, 3.05) is 13.2 Å². The fraction of sp³-hybridized carbons (Fsp3) is 0.846. The average molecular weight is 302 g/mol. The SMILES string of the molecule is [CH2-][C@@H]1CC2(COC(C)(C)OC2)C[C@H]1[CH-]C.[Zr+2]. The summed E-state index contributed by atoms with van der Waals surface area (Å²) in [4.78, 5) is 0. The van der Waals surface area contributed by atoms with Crippen molar-refractivity contribution in [3.63, 3.8) is 0 Å². The van der Waals surface area contributed by atoms with Crippen LogP contribution in [0.5, 0.6) is 0 Å². The molecule has 0 N–H and O–H groups in total. The molecule has 1 spiro atoms. The first-order valence-corrected chi connectivity index (χ1v) is 5.87. The predicted molar refractivity (Wildman–Crippen MR) is 60.0 cm³/mol. The number of hydrogen-bond acceptors (Lipinski definition) is 2. The van der Waals surface area contributed by atoms with Crippen molar-refractivity contribution in [3.8, 4) is 0 Å². The van der Waals surface area contributed by atoms with Gasteiger partial charge >= 0.3 is 26.2 Å². The molecule has 1 saturated heterocycles. The Morgan fingerprint density at radius 2 is 1.75 bits per heavy atom. The molecule has 0 aromatic carbocycles. The zero-order chi connectivity index (χ0) is 11.1. The zero-order valence-corrected chi connectivity index (χ0v) is 13.0. The number of rotatable bonds is 1. The molecular formula is C13H22O2Zr. The van der Waals surface area contributed by atoms with Gasteiger partial charge < -0.3 is 22.8 Å². The van der Waals surface area contributed by atoms with E-state index in [1.165, 1.54) is 6.42 Å². The molecule has 0 unspecified atom stereocenters. The summed E-state index contributed by atoms with van der Waals surface area (Å²) in [5.41, 5.74) is 0.235. The van der Waals surface area contributed by atoms with Crippen LogP contribution in [-0.2, 0) is 35.7 Å². The van der Waals surface area contributed by atoms with E-state index in [9.17, 15) is 0 Å². The fourth-order valence-corrected chi connectivity index (χ4v) is 2.82. The minimum atomic E-state index is -0.393. The number of ether oxygens (including phenoxy) is 2. The van der Waals surface area contributed by atoms with Crippen molar-refractivity contribution >= 4 is 0 Å². The van der Waals surface area contributed by atoms with Gasteiger partial charge in [-0.1, -0.05) is 12.8 Å². The molecule has 1 heterocycles. The summed E-state index contributed by atoms with van der Waals surface area (Å²) in [6.07, 6.45) is 4.60. The molecule has 1 aliphatic carbocycles. The van der Waals surface area contributed by atoms with Gasteiger partial charge in [0.15, 0.2) is 5.79 Å². The summed E-state index contributed by atoms with van der Waals surface area (Å²) in [7, 11) is 0. The summed E-state index contributed by atoms with van der Waals surface area (Å²) in [5.74, 6) is 0.775. The van der Waals surface area contributed by atoms with Crippen molar-refractivity contribution in [2.24, 2.45) is 17.3 Å². The molecule has 2 atom stereocenters. The van der Waals surface area contributed by atoms with E-state index in [4.69, 9.17) is 9.47 Å². The molecule has 16 heavy (non-hydrogen) atoms. The third kappa shape index (κ3) is 2.97. The van der Waals surface area contributed by atoms with Crippen molar-refractivity contribution < 1.29 is 35.7 Å². The van der Waals surface area contributed by atoms with Crippen LogP contribution in [0.1, 0.15) is 33.6 Å². The second-order valence-electron chi connectivity index (χ2n) is 5.64. The second kappa shape index (κ2) is 5.20. The number of hydrogen-bond donors (Lipinski definition) is 0. The van der Waals surface area contributed by atoms with E-state index in [2.05, 4.69) is 20.3 Å². The van der Waals surface area contributed by atoms with Gasteiger partial charge in [-0.05, 0) is 13.8 Å². The van der Waals surface area contributed by atoms with Gasteiger partial charge in [0.2, 0.25) is 0 Å². The van der Waals surface area contributed by atoms with Gasteiger partial charge in [-0.25, -0.2) is 0 Å². The summed E-state index contributed by atoms with van der Waals surface area (Å²) >= 11 is 0. The largest absolute Gasteiger partial charge is 2.00 e. The molecule has 0 radical (unpaired) electrons. The van der Waals surface area contributed by atoms with Crippen molar-refractivity contribution in [1.82, 2.24) is 0 Å². The Hall–Kier alpha value is 0.803. The van der Waals surface area contributed by atoms with Crippen LogP contribution in [0.4, 0.5) is 0 Å². The van der Waals surface area contributed by atoms with Gasteiger partial charge in [-0.2, -0.15) is 18.8 Å². The first-order valence-electron chi connectivity index (χ1n) is 5.87. The smallest absolute Gasteiger partial charge is 0.350 e. The Kier molecular flexibility index (Phi) is 4.83. The fourth-order valence-electron chi connectivity index (χ4n) is 2.82. The van der Waals surface area contributed by atoms with Gasteiger partial charge in [-0.3, -0.25) is 0 Å². The Morgan fingerprint density at radius 3 is 2.19 bits per heavy atom. The van der Waals surface area contributed by atoms with Crippen LogP contribution in [0, 0.1) is 30.6 Å². The monoisotopic (exact) mass is 300 g/mol. The normalized spacial score (nSPS) is 36.0. The third-order valence-corrected chi connectivity index (χ3v) is 3.85. The van der Waals surface area contributed by atoms with Gasteiger partial charge in [0.05, 0.1) is 13.2 Å². The van der Waals surface area contributed by atoms with Crippen molar-refractivity contribution in [3.05, 3.63) is 13.3 Å². The summed E-state index contributed by atoms with van der Waals surface area (Å²) in [6, 6.07) is 0. The van der Waals surface area contributed by atoms with E-state index in [-0.39, 0.29) is 31.6 Å².